The van der Waals surface area contributed by atoms with Crippen molar-refractivity contribution in [1.29, 1.82) is 0 Å². The molecule has 2 aliphatic heterocycles. The first-order chi connectivity index (χ1) is 12.6. The molecule has 1 aromatic carbocycles. The van der Waals surface area contributed by atoms with E-state index in [0.717, 1.165) is 26.1 Å². The number of hydrogen-bond acceptors (Lipinski definition) is 5. The minimum Gasteiger partial charge on any atom is -0.438 e. The van der Waals surface area contributed by atoms with Gasteiger partial charge in [-0.15, -0.1) is 0 Å². The fraction of sp³-hybridized carbons (Fsp3) is 0.500. The number of aromatic nitrogens is 1. The highest BCUT2D eigenvalue weighted by molar-refractivity contribution is 5.92. The maximum atomic E-state index is 12.8. The molecule has 138 valence electrons. The second kappa shape index (κ2) is 6.85. The maximum absolute atomic E-state index is 12.8. The third-order valence-electron chi connectivity index (χ3n) is 5.93. The zero-order valence-corrected chi connectivity index (χ0v) is 15.1. The van der Waals surface area contributed by atoms with Gasteiger partial charge in [0.1, 0.15) is 0 Å². The second-order valence-electron chi connectivity index (χ2n) is 7.65. The van der Waals surface area contributed by atoms with Crippen LogP contribution in [0.4, 0.5) is 0 Å². The van der Waals surface area contributed by atoms with Crippen LogP contribution in [0.15, 0.2) is 41.1 Å². The summed E-state index contributed by atoms with van der Waals surface area (Å²) in [5.41, 5.74) is 1.65. The first-order valence-corrected chi connectivity index (χ1v) is 9.18. The van der Waals surface area contributed by atoms with Crippen LogP contribution in [0.1, 0.15) is 28.2 Å². The van der Waals surface area contributed by atoms with E-state index in [9.17, 15) is 9.90 Å². The highest BCUT2D eigenvalue weighted by Crippen LogP contribution is 2.42. The van der Waals surface area contributed by atoms with Crippen LogP contribution in [0, 0.1) is 18.3 Å². The van der Waals surface area contributed by atoms with Crippen LogP contribution in [0.25, 0.3) is 0 Å². The summed E-state index contributed by atoms with van der Waals surface area (Å²) in [6.45, 7) is 5.81. The van der Waals surface area contributed by atoms with E-state index in [-0.39, 0.29) is 17.9 Å². The number of carbonyl (C=O) groups excluding carboxylic acids is 1. The van der Waals surface area contributed by atoms with Crippen LogP contribution in [0.2, 0.25) is 0 Å². The number of aliphatic hydroxyl groups is 1. The number of piperidine rings is 1. The summed E-state index contributed by atoms with van der Waals surface area (Å²) in [4.78, 5) is 21.1. The lowest BCUT2D eigenvalue weighted by atomic mass is 9.74. The summed E-state index contributed by atoms with van der Waals surface area (Å²) in [6.07, 6.45) is 2.22. The molecule has 0 radical (unpaired) electrons. The lowest BCUT2D eigenvalue weighted by Gasteiger charge is -2.43. The van der Waals surface area contributed by atoms with Gasteiger partial charge in [-0.3, -0.25) is 9.69 Å². The van der Waals surface area contributed by atoms with Gasteiger partial charge in [-0.2, -0.15) is 0 Å². The molecule has 1 aromatic heterocycles. The lowest BCUT2D eigenvalue weighted by molar-refractivity contribution is 0.0102. The molecular formula is C20H25N3O3. The monoisotopic (exact) mass is 355 g/mol. The van der Waals surface area contributed by atoms with Crippen molar-refractivity contribution in [3.63, 3.8) is 0 Å². The van der Waals surface area contributed by atoms with Crippen LogP contribution in [-0.4, -0.2) is 58.6 Å². The van der Waals surface area contributed by atoms with Gasteiger partial charge >= 0.3 is 0 Å². The van der Waals surface area contributed by atoms with Gasteiger partial charge in [0.2, 0.25) is 5.76 Å². The molecule has 1 amide bonds. The molecule has 0 bridgehead atoms. The van der Waals surface area contributed by atoms with Gasteiger partial charge in [0, 0.05) is 38.1 Å². The summed E-state index contributed by atoms with van der Waals surface area (Å²) < 4.78 is 5.28. The molecule has 6 heteroatoms. The molecule has 3 heterocycles. The summed E-state index contributed by atoms with van der Waals surface area (Å²) in [6, 6.07) is 10.4. The molecule has 6 nitrogen and oxygen atoms in total. The number of fused-ring (bicyclic) bond motifs is 1. The van der Waals surface area contributed by atoms with Crippen molar-refractivity contribution in [3.05, 3.63) is 53.7 Å². The van der Waals surface area contributed by atoms with E-state index in [0.29, 0.717) is 30.5 Å². The third kappa shape index (κ3) is 3.04. The Balaban J connectivity index is 1.49. The number of aliphatic hydroxyl groups excluding tert-OH is 1. The molecule has 2 fully saturated rings. The van der Waals surface area contributed by atoms with E-state index in [1.54, 1.807) is 6.92 Å². The molecule has 0 aliphatic carbocycles. The van der Waals surface area contributed by atoms with E-state index in [2.05, 4.69) is 34.1 Å². The molecule has 0 unspecified atom stereocenters. The first kappa shape index (κ1) is 17.2. The van der Waals surface area contributed by atoms with E-state index >= 15 is 0 Å². The molecule has 2 aliphatic rings. The quantitative estimate of drug-likeness (QED) is 0.908. The molecular weight excluding hydrogens is 330 g/mol. The average Bonchev–Trinajstić information content (AvgIpc) is 3.24. The normalized spacial score (nSPS) is 26.1. The summed E-state index contributed by atoms with van der Waals surface area (Å²) >= 11 is 0. The van der Waals surface area contributed by atoms with Gasteiger partial charge in [-0.1, -0.05) is 30.3 Å². The van der Waals surface area contributed by atoms with Crippen molar-refractivity contribution in [2.45, 2.75) is 19.9 Å². The highest BCUT2D eigenvalue weighted by Gasteiger charge is 2.50. The molecule has 26 heavy (non-hydrogen) atoms. The van der Waals surface area contributed by atoms with Gasteiger partial charge in [-0.25, -0.2) is 4.98 Å². The number of oxazole rings is 1. The molecule has 0 saturated carbocycles. The standard InChI is InChI=1S/C20H25N3O3/c1-15-18(26-14-21-15)19(25)23-8-7-17-10-22(11-20(17,12-23)13-24)9-16-5-3-2-4-6-16/h2-6,14,17,24H,7-13H2,1H3/t17-,20-/m0/s1. The number of amides is 1. The van der Waals surface area contributed by atoms with Crippen LogP contribution in [0.5, 0.6) is 0 Å². The maximum Gasteiger partial charge on any atom is 0.291 e. The SMILES string of the molecule is Cc1ncoc1C(=O)N1CC[C@H]2CN(Cc3ccccc3)C[C@@]2(CO)C1. The Labute approximate surface area is 153 Å². The van der Waals surface area contributed by atoms with Crippen LogP contribution >= 0.6 is 0 Å². The van der Waals surface area contributed by atoms with Gasteiger partial charge < -0.3 is 14.4 Å². The molecule has 1 N–H and O–H groups in total. The zero-order chi connectivity index (χ0) is 18.1. The van der Waals surface area contributed by atoms with E-state index in [1.165, 1.54) is 12.0 Å². The fourth-order valence-electron chi connectivity index (χ4n) is 4.51. The minimum absolute atomic E-state index is 0.0993. The first-order valence-electron chi connectivity index (χ1n) is 9.18. The summed E-state index contributed by atoms with van der Waals surface area (Å²) in [5, 5.41) is 10.2. The molecule has 2 aromatic rings. The smallest absolute Gasteiger partial charge is 0.291 e. The molecule has 2 atom stereocenters. The van der Waals surface area contributed by atoms with Crippen molar-refractivity contribution in [3.8, 4) is 0 Å². The van der Waals surface area contributed by atoms with Crippen molar-refractivity contribution < 1.29 is 14.3 Å². The largest absolute Gasteiger partial charge is 0.438 e. The second-order valence-corrected chi connectivity index (χ2v) is 7.65. The fourth-order valence-corrected chi connectivity index (χ4v) is 4.51. The van der Waals surface area contributed by atoms with Crippen molar-refractivity contribution in [1.82, 2.24) is 14.8 Å². The van der Waals surface area contributed by atoms with Gasteiger partial charge in [0.05, 0.1) is 12.3 Å². The van der Waals surface area contributed by atoms with Crippen LogP contribution in [-0.2, 0) is 6.54 Å². The Hall–Kier alpha value is -2.18. The zero-order valence-electron chi connectivity index (χ0n) is 15.1. The minimum atomic E-state index is -0.253. The molecule has 2 saturated heterocycles. The third-order valence-corrected chi connectivity index (χ3v) is 5.93. The van der Waals surface area contributed by atoms with Gasteiger partial charge in [-0.05, 0) is 24.8 Å². The molecule has 0 spiro atoms. The Morgan fingerprint density at radius 2 is 2.15 bits per heavy atom. The van der Waals surface area contributed by atoms with Gasteiger partial charge in [0.15, 0.2) is 6.39 Å². The van der Waals surface area contributed by atoms with Crippen molar-refractivity contribution in [2.75, 3.05) is 32.8 Å². The summed E-state index contributed by atoms with van der Waals surface area (Å²) in [5.74, 6) is 0.611. The lowest BCUT2D eigenvalue weighted by Crippen LogP contribution is -2.52. The Morgan fingerprint density at radius 3 is 2.85 bits per heavy atom. The number of nitrogens with zero attached hydrogens (tertiary/aromatic N) is 3. The topological polar surface area (TPSA) is 69.8 Å². The molecule has 4 rings (SSSR count). The Bertz CT molecular complexity index is 776. The van der Waals surface area contributed by atoms with Crippen molar-refractivity contribution >= 4 is 5.91 Å². The van der Waals surface area contributed by atoms with E-state index in [1.807, 2.05) is 11.0 Å². The predicted octanol–water partition coefficient (Wildman–Crippen LogP) is 1.94. The number of rotatable bonds is 4. The number of benzene rings is 1. The average molecular weight is 355 g/mol. The number of aryl methyl sites for hydroxylation is 1. The summed E-state index contributed by atoms with van der Waals surface area (Å²) in [7, 11) is 0. The van der Waals surface area contributed by atoms with Crippen LogP contribution < -0.4 is 0 Å². The number of hydrogen-bond donors (Lipinski definition) is 1. The van der Waals surface area contributed by atoms with Gasteiger partial charge in [0.25, 0.3) is 5.91 Å². The Kier molecular flexibility index (Phi) is 4.54. The van der Waals surface area contributed by atoms with E-state index in [4.69, 9.17) is 4.42 Å². The van der Waals surface area contributed by atoms with Crippen LogP contribution in [0.3, 0.4) is 0 Å². The highest BCUT2D eigenvalue weighted by atomic mass is 16.3. The Morgan fingerprint density at radius 1 is 1.35 bits per heavy atom. The van der Waals surface area contributed by atoms with Crippen molar-refractivity contribution in [2.24, 2.45) is 11.3 Å². The number of likely N-dealkylation sites (tertiary alicyclic amines) is 2. The predicted molar refractivity (Wildman–Crippen MR) is 96.5 cm³/mol. The number of carbonyl (C=O) groups is 1. The van der Waals surface area contributed by atoms with E-state index < -0.39 is 0 Å².